The molecular formula is C14H22ClN3O2. The van der Waals surface area contributed by atoms with Crippen LogP contribution in [0.5, 0.6) is 0 Å². The lowest BCUT2D eigenvalue weighted by molar-refractivity contribution is 0.0802. The molecule has 1 rings (SSSR count). The van der Waals surface area contributed by atoms with Crippen LogP contribution in [-0.4, -0.2) is 37.2 Å². The Morgan fingerprint density at radius 2 is 2.15 bits per heavy atom. The first kappa shape index (κ1) is 16.7. The zero-order valence-corrected chi connectivity index (χ0v) is 13.1. The average molecular weight is 300 g/mol. The average Bonchev–Trinajstić information content (AvgIpc) is 2.43. The van der Waals surface area contributed by atoms with Crippen molar-refractivity contribution in [3.05, 3.63) is 22.8 Å². The lowest BCUT2D eigenvalue weighted by atomic mass is 10.1. The highest BCUT2D eigenvalue weighted by atomic mass is 35.5. The van der Waals surface area contributed by atoms with Crippen LogP contribution in [0.1, 0.15) is 31.3 Å². The van der Waals surface area contributed by atoms with E-state index in [-0.39, 0.29) is 23.6 Å². The van der Waals surface area contributed by atoms with Crippen molar-refractivity contribution < 1.29 is 9.53 Å². The lowest BCUT2D eigenvalue weighted by Crippen LogP contribution is -2.42. The van der Waals surface area contributed by atoms with Crippen LogP contribution in [-0.2, 0) is 4.74 Å². The van der Waals surface area contributed by atoms with Crippen molar-refractivity contribution in [2.24, 2.45) is 5.92 Å². The molecule has 1 amide bonds. The molecule has 0 aliphatic rings. The molecule has 1 aromatic rings. The SMILES string of the molecule is CCOCC(NC(=O)c1nc(NC)ccc1Cl)C(C)C. The van der Waals surface area contributed by atoms with Gasteiger partial charge in [0.1, 0.15) is 11.5 Å². The number of pyridine rings is 1. The first-order valence-electron chi connectivity index (χ1n) is 6.72. The van der Waals surface area contributed by atoms with Crippen molar-refractivity contribution in [3.8, 4) is 0 Å². The molecule has 2 N–H and O–H groups in total. The molecule has 112 valence electrons. The molecule has 0 fully saturated rings. The third-order valence-corrected chi connectivity index (χ3v) is 3.24. The summed E-state index contributed by atoms with van der Waals surface area (Å²) in [4.78, 5) is 16.5. The summed E-state index contributed by atoms with van der Waals surface area (Å²) in [6.45, 7) is 7.08. The van der Waals surface area contributed by atoms with Gasteiger partial charge in [0.25, 0.3) is 5.91 Å². The molecule has 5 nitrogen and oxygen atoms in total. The number of aromatic nitrogens is 1. The van der Waals surface area contributed by atoms with Gasteiger partial charge in [0.2, 0.25) is 0 Å². The molecule has 6 heteroatoms. The number of nitrogens with one attached hydrogen (secondary N) is 2. The number of ether oxygens (including phenoxy) is 1. The Bertz CT molecular complexity index is 452. The van der Waals surface area contributed by atoms with E-state index in [2.05, 4.69) is 15.6 Å². The van der Waals surface area contributed by atoms with Crippen molar-refractivity contribution in [1.82, 2.24) is 10.3 Å². The zero-order chi connectivity index (χ0) is 15.1. The molecule has 1 unspecified atom stereocenters. The molecular weight excluding hydrogens is 278 g/mol. The normalized spacial score (nSPS) is 12.3. The molecule has 0 radical (unpaired) electrons. The number of amides is 1. The van der Waals surface area contributed by atoms with E-state index in [4.69, 9.17) is 16.3 Å². The fraction of sp³-hybridized carbons (Fsp3) is 0.571. The van der Waals surface area contributed by atoms with Crippen molar-refractivity contribution in [3.63, 3.8) is 0 Å². The van der Waals surface area contributed by atoms with Crippen LogP contribution in [0.3, 0.4) is 0 Å². The monoisotopic (exact) mass is 299 g/mol. The van der Waals surface area contributed by atoms with Gasteiger partial charge < -0.3 is 15.4 Å². The van der Waals surface area contributed by atoms with Gasteiger partial charge in [0.05, 0.1) is 17.7 Å². The number of carbonyl (C=O) groups excluding carboxylic acids is 1. The first-order valence-corrected chi connectivity index (χ1v) is 7.10. The maximum Gasteiger partial charge on any atom is 0.271 e. The summed E-state index contributed by atoms with van der Waals surface area (Å²) in [7, 11) is 1.74. The topological polar surface area (TPSA) is 63.2 Å². The summed E-state index contributed by atoms with van der Waals surface area (Å²) >= 11 is 6.03. The van der Waals surface area contributed by atoms with Gasteiger partial charge in [-0.3, -0.25) is 4.79 Å². The highest BCUT2D eigenvalue weighted by molar-refractivity contribution is 6.33. The predicted octanol–water partition coefficient (Wildman–Crippen LogP) is 2.57. The Kier molecular flexibility index (Phi) is 6.75. The summed E-state index contributed by atoms with van der Waals surface area (Å²) in [5.41, 5.74) is 0.223. The second kappa shape index (κ2) is 8.07. The molecule has 20 heavy (non-hydrogen) atoms. The van der Waals surface area contributed by atoms with Gasteiger partial charge >= 0.3 is 0 Å². The molecule has 0 aliphatic heterocycles. The fourth-order valence-corrected chi connectivity index (χ4v) is 1.81. The third-order valence-electron chi connectivity index (χ3n) is 2.94. The fourth-order valence-electron chi connectivity index (χ4n) is 1.62. The van der Waals surface area contributed by atoms with E-state index >= 15 is 0 Å². The van der Waals surface area contributed by atoms with Crippen LogP contribution in [0.4, 0.5) is 5.82 Å². The van der Waals surface area contributed by atoms with Crippen LogP contribution < -0.4 is 10.6 Å². The van der Waals surface area contributed by atoms with E-state index in [9.17, 15) is 4.79 Å². The molecule has 0 saturated heterocycles. The van der Waals surface area contributed by atoms with Gasteiger partial charge in [-0.05, 0) is 25.0 Å². The number of hydrogen-bond acceptors (Lipinski definition) is 4. The van der Waals surface area contributed by atoms with Gasteiger partial charge in [-0.1, -0.05) is 25.4 Å². The molecule has 1 atom stereocenters. The number of carbonyl (C=O) groups is 1. The molecule has 1 aromatic heterocycles. The maximum atomic E-state index is 12.3. The Labute approximate surface area is 125 Å². The highest BCUT2D eigenvalue weighted by Gasteiger charge is 2.20. The second-order valence-corrected chi connectivity index (χ2v) is 5.17. The third kappa shape index (κ3) is 4.65. The minimum Gasteiger partial charge on any atom is -0.380 e. The van der Waals surface area contributed by atoms with Crippen LogP contribution in [0, 0.1) is 5.92 Å². The molecule has 0 spiro atoms. The van der Waals surface area contributed by atoms with Crippen molar-refractivity contribution in [1.29, 1.82) is 0 Å². The maximum absolute atomic E-state index is 12.3. The largest absolute Gasteiger partial charge is 0.380 e. The van der Waals surface area contributed by atoms with Gasteiger partial charge in [-0.25, -0.2) is 4.98 Å². The molecule has 0 saturated carbocycles. The lowest BCUT2D eigenvalue weighted by Gasteiger charge is -2.22. The smallest absolute Gasteiger partial charge is 0.271 e. The molecule has 0 bridgehead atoms. The summed E-state index contributed by atoms with van der Waals surface area (Å²) in [6.07, 6.45) is 0. The first-order chi connectivity index (χ1) is 9.49. The van der Waals surface area contributed by atoms with Crippen molar-refractivity contribution in [2.75, 3.05) is 25.6 Å². The Morgan fingerprint density at radius 1 is 1.45 bits per heavy atom. The van der Waals surface area contributed by atoms with E-state index in [0.717, 1.165) is 0 Å². The van der Waals surface area contributed by atoms with Gasteiger partial charge in [0.15, 0.2) is 0 Å². The molecule has 0 aliphatic carbocycles. The number of hydrogen-bond donors (Lipinski definition) is 2. The molecule has 0 aromatic carbocycles. The van der Waals surface area contributed by atoms with Crippen molar-refractivity contribution >= 4 is 23.3 Å². The number of anilines is 1. The van der Waals surface area contributed by atoms with E-state index < -0.39 is 0 Å². The predicted molar refractivity (Wildman–Crippen MR) is 81.4 cm³/mol. The standard InChI is InChI=1S/C14H22ClN3O2/c1-5-20-8-11(9(2)3)17-14(19)13-10(15)6-7-12(16-4)18-13/h6-7,9,11H,5,8H2,1-4H3,(H,16,18)(H,17,19). The van der Waals surface area contributed by atoms with Gasteiger partial charge in [-0.15, -0.1) is 0 Å². The summed E-state index contributed by atoms with van der Waals surface area (Å²) in [5, 5.41) is 6.14. The van der Waals surface area contributed by atoms with E-state index in [1.165, 1.54) is 0 Å². The zero-order valence-electron chi connectivity index (χ0n) is 12.4. The second-order valence-electron chi connectivity index (χ2n) is 4.76. The van der Waals surface area contributed by atoms with E-state index in [0.29, 0.717) is 24.1 Å². The Balaban J connectivity index is 2.82. The summed E-state index contributed by atoms with van der Waals surface area (Å²) < 4.78 is 5.39. The number of halogens is 1. The Morgan fingerprint density at radius 3 is 2.70 bits per heavy atom. The van der Waals surface area contributed by atoms with Crippen LogP contribution in [0.2, 0.25) is 5.02 Å². The number of rotatable bonds is 7. The van der Waals surface area contributed by atoms with Crippen molar-refractivity contribution in [2.45, 2.75) is 26.8 Å². The van der Waals surface area contributed by atoms with E-state index in [1.807, 2.05) is 20.8 Å². The summed E-state index contributed by atoms with van der Waals surface area (Å²) in [6, 6.07) is 3.31. The van der Waals surface area contributed by atoms with Crippen LogP contribution in [0.25, 0.3) is 0 Å². The van der Waals surface area contributed by atoms with Gasteiger partial charge in [-0.2, -0.15) is 0 Å². The summed E-state index contributed by atoms with van der Waals surface area (Å²) in [5.74, 6) is 0.577. The van der Waals surface area contributed by atoms with Crippen LogP contribution in [0.15, 0.2) is 12.1 Å². The van der Waals surface area contributed by atoms with E-state index in [1.54, 1.807) is 19.2 Å². The minimum atomic E-state index is -0.287. The number of nitrogens with zero attached hydrogens (tertiary/aromatic N) is 1. The van der Waals surface area contributed by atoms with Gasteiger partial charge in [0, 0.05) is 13.7 Å². The quantitative estimate of drug-likeness (QED) is 0.812. The van der Waals surface area contributed by atoms with Crippen LogP contribution >= 0.6 is 11.6 Å². The minimum absolute atomic E-state index is 0.0708. The molecule has 1 heterocycles. The Hall–Kier alpha value is -1.33. The highest BCUT2D eigenvalue weighted by Crippen LogP contribution is 2.17.